The van der Waals surface area contributed by atoms with E-state index in [-0.39, 0.29) is 5.91 Å². The highest BCUT2D eigenvalue weighted by Crippen LogP contribution is 2.22. The Hall–Kier alpha value is -2.60. The molecule has 2 aromatic rings. The molecule has 2 aliphatic rings. The summed E-state index contributed by atoms with van der Waals surface area (Å²) in [6.45, 7) is 5.35. The average Bonchev–Trinajstić information content (AvgIpc) is 3.41. The number of carbonyl (C=O) groups is 1. The monoisotopic (exact) mass is 380 g/mol. The number of nitrogens with zero attached hydrogens (tertiary/aromatic N) is 2. The minimum atomic E-state index is -0.0181. The second-order valence-electron chi connectivity index (χ2n) is 7.51. The Morgan fingerprint density at radius 1 is 1.18 bits per heavy atom. The SMILES string of the molecule is CCOc1ccccc1CN[C@@H]1CCN(c2ccc(C(=O)NC3CC3)cn2)C1. The van der Waals surface area contributed by atoms with Gasteiger partial charge in [0.2, 0.25) is 0 Å². The molecular formula is C22H28N4O2. The number of anilines is 1. The van der Waals surface area contributed by atoms with Crippen LogP contribution in [0.3, 0.4) is 0 Å². The van der Waals surface area contributed by atoms with Crippen LogP contribution >= 0.6 is 0 Å². The Labute approximate surface area is 166 Å². The fourth-order valence-electron chi connectivity index (χ4n) is 3.54. The highest BCUT2D eigenvalue weighted by Gasteiger charge is 2.25. The first-order chi connectivity index (χ1) is 13.7. The molecule has 6 nitrogen and oxygen atoms in total. The van der Waals surface area contributed by atoms with Crippen molar-refractivity contribution in [3.63, 3.8) is 0 Å². The molecule has 1 aliphatic carbocycles. The molecule has 1 aromatic carbocycles. The van der Waals surface area contributed by atoms with Gasteiger partial charge in [-0.1, -0.05) is 18.2 Å². The molecule has 0 spiro atoms. The molecule has 0 unspecified atom stereocenters. The van der Waals surface area contributed by atoms with E-state index in [0.717, 1.165) is 50.5 Å². The van der Waals surface area contributed by atoms with Crippen LogP contribution in [0.25, 0.3) is 0 Å². The number of pyridine rings is 1. The number of nitrogens with one attached hydrogen (secondary N) is 2. The summed E-state index contributed by atoms with van der Waals surface area (Å²) < 4.78 is 5.71. The van der Waals surface area contributed by atoms with Crippen molar-refractivity contribution in [2.45, 2.75) is 44.8 Å². The molecule has 148 valence electrons. The van der Waals surface area contributed by atoms with Crippen molar-refractivity contribution < 1.29 is 9.53 Å². The summed E-state index contributed by atoms with van der Waals surface area (Å²) in [4.78, 5) is 18.9. The standard InChI is InChI=1S/C22H28N4O2/c1-2-28-20-6-4-3-5-16(20)13-23-19-11-12-26(15-19)21-10-7-17(14-24-21)22(27)25-18-8-9-18/h3-7,10,14,18-19,23H,2,8-9,11-13,15H2,1H3,(H,25,27)/t19-/m1/s1. The van der Waals surface area contributed by atoms with E-state index in [0.29, 0.717) is 24.3 Å². The second-order valence-corrected chi connectivity index (χ2v) is 7.51. The Morgan fingerprint density at radius 3 is 2.79 bits per heavy atom. The summed E-state index contributed by atoms with van der Waals surface area (Å²) in [6.07, 6.45) is 4.94. The third kappa shape index (κ3) is 4.62. The normalized spacial score (nSPS) is 18.9. The number of rotatable bonds is 8. The van der Waals surface area contributed by atoms with Crippen molar-refractivity contribution >= 4 is 11.7 Å². The number of carbonyl (C=O) groups excluding carboxylic acids is 1. The lowest BCUT2D eigenvalue weighted by molar-refractivity contribution is 0.0950. The topological polar surface area (TPSA) is 66.5 Å². The number of aromatic nitrogens is 1. The fourth-order valence-corrected chi connectivity index (χ4v) is 3.54. The van der Waals surface area contributed by atoms with Crippen LogP contribution in [0.15, 0.2) is 42.6 Å². The van der Waals surface area contributed by atoms with E-state index in [1.165, 1.54) is 5.56 Å². The maximum atomic E-state index is 12.1. The van der Waals surface area contributed by atoms with Crippen LogP contribution in [-0.4, -0.2) is 42.7 Å². The van der Waals surface area contributed by atoms with E-state index >= 15 is 0 Å². The first kappa shape index (κ1) is 18.7. The summed E-state index contributed by atoms with van der Waals surface area (Å²) in [7, 11) is 0. The molecule has 1 saturated heterocycles. The molecule has 0 radical (unpaired) electrons. The van der Waals surface area contributed by atoms with Crippen LogP contribution in [0.5, 0.6) is 5.75 Å². The van der Waals surface area contributed by atoms with Gasteiger partial charge in [0.1, 0.15) is 11.6 Å². The summed E-state index contributed by atoms with van der Waals surface area (Å²) in [6, 6.07) is 12.8. The lowest BCUT2D eigenvalue weighted by Gasteiger charge is -2.19. The van der Waals surface area contributed by atoms with Crippen molar-refractivity contribution in [1.29, 1.82) is 0 Å². The van der Waals surface area contributed by atoms with Crippen LogP contribution < -0.4 is 20.3 Å². The third-order valence-corrected chi connectivity index (χ3v) is 5.29. The third-order valence-electron chi connectivity index (χ3n) is 5.29. The maximum Gasteiger partial charge on any atom is 0.253 e. The Bertz CT molecular complexity index is 804. The number of amides is 1. The first-order valence-corrected chi connectivity index (χ1v) is 10.2. The van der Waals surface area contributed by atoms with Gasteiger partial charge in [0.05, 0.1) is 12.2 Å². The van der Waals surface area contributed by atoms with Gasteiger partial charge >= 0.3 is 0 Å². The second kappa shape index (κ2) is 8.61. The highest BCUT2D eigenvalue weighted by atomic mass is 16.5. The minimum Gasteiger partial charge on any atom is -0.494 e. The molecule has 6 heteroatoms. The van der Waals surface area contributed by atoms with Crippen molar-refractivity contribution in [3.05, 3.63) is 53.7 Å². The number of ether oxygens (including phenoxy) is 1. The highest BCUT2D eigenvalue weighted by molar-refractivity contribution is 5.94. The van der Waals surface area contributed by atoms with E-state index in [9.17, 15) is 4.79 Å². The Kier molecular flexibility index (Phi) is 5.76. The van der Waals surface area contributed by atoms with Crippen molar-refractivity contribution in [2.75, 3.05) is 24.6 Å². The Balaban J connectivity index is 1.30. The van der Waals surface area contributed by atoms with Crippen molar-refractivity contribution in [1.82, 2.24) is 15.6 Å². The van der Waals surface area contributed by atoms with E-state index in [1.54, 1.807) is 6.20 Å². The van der Waals surface area contributed by atoms with Crippen molar-refractivity contribution in [3.8, 4) is 5.75 Å². The van der Waals surface area contributed by atoms with E-state index < -0.39 is 0 Å². The fraction of sp³-hybridized carbons (Fsp3) is 0.455. The van der Waals surface area contributed by atoms with E-state index in [4.69, 9.17) is 4.74 Å². The molecule has 1 saturated carbocycles. The number of benzene rings is 1. The lowest BCUT2D eigenvalue weighted by Crippen LogP contribution is -2.32. The smallest absolute Gasteiger partial charge is 0.253 e. The van der Waals surface area contributed by atoms with Crippen LogP contribution in [0, 0.1) is 0 Å². The Morgan fingerprint density at radius 2 is 2.04 bits per heavy atom. The van der Waals surface area contributed by atoms with Gasteiger partial charge in [-0.2, -0.15) is 0 Å². The van der Waals surface area contributed by atoms with Gasteiger partial charge in [0, 0.05) is 43.5 Å². The lowest BCUT2D eigenvalue weighted by atomic mass is 10.2. The molecule has 1 atom stereocenters. The van der Waals surface area contributed by atoms with E-state index in [2.05, 4.69) is 26.6 Å². The van der Waals surface area contributed by atoms with Crippen LogP contribution in [0.2, 0.25) is 0 Å². The molecule has 1 aromatic heterocycles. The maximum absolute atomic E-state index is 12.1. The van der Waals surface area contributed by atoms with Gasteiger partial charge in [0.15, 0.2) is 0 Å². The van der Waals surface area contributed by atoms with Crippen LogP contribution in [0.4, 0.5) is 5.82 Å². The van der Waals surface area contributed by atoms with Crippen molar-refractivity contribution in [2.24, 2.45) is 0 Å². The van der Waals surface area contributed by atoms with Crippen LogP contribution in [0.1, 0.15) is 42.1 Å². The van der Waals surface area contributed by atoms with Gasteiger partial charge < -0.3 is 20.3 Å². The van der Waals surface area contributed by atoms with Gasteiger partial charge in [-0.05, 0) is 44.4 Å². The number of hydrogen-bond donors (Lipinski definition) is 2. The zero-order chi connectivity index (χ0) is 19.3. The van der Waals surface area contributed by atoms with Crippen LogP contribution in [-0.2, 0) is 6.54 Å². The predicted octanol–water partition coefficient (Wildman–Crippen LogP) is 2.74. The summed E-state index contributed by atoms with van der Waals surface area (Å²) >= 11 is 0. The molecule has 1 amide bonds. The largest absolute Gasteiger partial charge is 0.494 e. The predicted molar refractivity (Wildman–Crippen MR) is 110 cm³/mol. The summed E-state index contributed by atoms with van der Waals surface area (Å²) in [5, 5.41) is 6.64. The summed E-state index contributed by atoms with van der Waals surface area (Å²) in [5.41, 5.74) is 1.82. The molecule has 0 bridgehead atoms. The molecular weight excluding hydrogens is 352 g/mol. The molecule has 2 fully saturated rings. The minimum absolute atomic E-state index is 0.0181. The molecule has 4 rings (SSSR count). The zero-order valence-corrected chi connectivity index (χ0v) is 16.4. The molecule has 1 aliphatic heterocycles. The number of para-hydroxylation sites is 1. The van der Waals surface area contributed by atoms with Gasteiger partial charge in [-0.15, -0.1) is 0 Å². The number of hydrogen-bond acceptors (Lipinski definition) is 5. The average molecular weight is 380 g/mol. The summed E-state index contributed by atoms with van der Waals surface area (Å²) in [5.74, 6) is 1.87. The van der Waals surface area contributed by atoms with Gasteiger partial charge in [-0.3, -0.25) is 4.79 Å². The van der Waals surface area contributed by atoms with Gasteiger partial charge in [0.25, 0.3) is 5.91 Å². The van der Waals surface area contributed by atoms with E-state index in [1.807, 2.05) is 37.3 Å². The zero-order valence-electron chi connectivity index (χ0n) is 16.4. The molecule has 2 heterocycles. The van der Waals surface area contributed by atoms with Gasteiger partial charge in [-0.25, -0.2) is 4.98 Å². The quantitative estimate of drug-likeness (QED) is 0.737. The molecule has 28 heavy (non-hydrogen) atoms. The first-order valence-electron chi connectivity index (χ1n) is 10.2. The molecule has 2 N–H and O–H groups in total.